The summed E-state index contributed by atoms with van der Waals surface area (Å²) in [4.78, 5) is 11.3. The number of rotatable bonds is 9. The summed E-state index contributed by atoms with van der Waals surface area (Å²) in [6, 6.07) is 15.7. The Morgan fingerprint density at radius 3 is 2.61 bits per heavy atom. The first-order chi connectivity index (χ1) is 11.2. The van der Waals surface area contributed by atoms with Crippen LogP contribution >= 0.6 is 0 Å². The molecule has 1 amide bonds. The van der Waals surface area contributed by atoms with E-state index in [1.54, 1.807) is 18.2 Å². The minimum absolute atomic E-state index is 0.432. The van der Waals surface area contributed by atoms with E-state index in [0.717, 1.165) is 37.2 Å². The van der Waals surface area contributed by atoms with Gasteiger partial charge in [-0.2, -0.15) is 0 Å². The first-order valence-electron chi connectivity index (χ1n) is 8.05. The Kier molecular flexibility index (Phi) is 6.48. The number of carbonyl (C=O) groups excluding carboxylic acids is 1. The van der Waals surface area contributed by atoms with Crippen LogP contribution < -0.4 is 15.8 Å². The van der Waals surface area contributed by atoms with Crippen molar-refractivity contribution in [2.24, 2.45) is 5.73 Å². The van der Waals surface area contributed by atoms with E-state index < -0.39 is 5.91 Å². The van der Waals surface area contributed by atoms with Gasteiger partial charge in [0.15, 0.2) is 0 Å². The molecule has 3 N–H and O–H groups in total. The molecule has 4 heteroatoms. The molecule has 0 aliphatic rings. The van der Waals surface area contributed by atoms with Crippen LogP contribution in [0.4, 0.5) is 5.69 Å². The average molecular weight is 312 g/mol. The monoisotopic (exact) mass is 312 g/mol. The minimum Gasteiger partial charge on any atom is -0.491 e. The highest BCUT2D eigenvalue weighted by molar-refractivity contribution is 5.94. The van der Waals surface area contributed by atoms with Gasteiger partial charge in [-0.15, -0.1) is 0 Å². The number of benzene rings is 2. The third-order valence-corrected chi connectivity index (χ3v) is 3.59. The maximum absolute atomic E-state index is 11.3. The molecule has 0 heterocycles. The lowest BCUT2D eigenvalue weighted by molar-refractivity contribution is 0.100. The highest BCUT2D eigenvalue weighted by Gasteiger charge is 2.07. The molecule has 0 fully saturated rings. The van der Waals surface area contributed by atoms with Gasteiger partial charge < -0.3 is 15.8 Å². The lowest BCUT2D eigenvalue weighted by Crippen LogP contribution is -2.12. The Morgan fingerprint density at radius 1 is 1.13 bits per heavy atom. The number of nitrogens with one attached hydrogen (secondary N) is 1. The molecule has 122 valence electrons. The summed E-state index contributed by atoms with van der Waals surface area (Å²) in [5.41, 5.74) is 7.97. The van der Waals surface area contributed by atoms with E-state index in [2.05, 4.69) is 29.6 Å². The molecule has 23 heavy (non-hydrogen) atoms. The Bertz CT molecular complexity index is 627. The van der Waals surface area contributed by atoms with Gasteiger partial charge in [-0.25, -0.2) is 0 Å². The van der Waals surface area contributed by atoms with Crippen molar-refractivity contribution in [2.45, 2.75) is 26.2 Å². The van der Waals surface area contributed by atoms with E-state index >= 15 is 0 Å². The van der Waals surface area contributed by atoms with Crippen LogP contribution in [-0.4, -0.2) is 19.1 Å². The van der Waals surface area contributed by atoms with Crippen LogP contribution in [0.15, 0.2) is 48.5 Å². The molecule has 0 bridgehead atoms. The molecular weight excluding hydrogens is 288 g/mol. The van der Waals surface area contributed by atoms with E-state index in [1.165, 1.54) is 5.56 Å². The van der Waals surface area contributed by atoms with Crippen LogP contribution in [0, 0.1) is 0 Å². The molecule has 4 nitrogen and oxygen atoms in total. The minimum atomic E-state index is -0.432. The number of nitrogens with two attached hydrogens (primary N) is 1. The summed E-state index contributed by atoms with van der Waals surface area (Å²) in [6.07, 6.45) is 3.13. The third kappa shape index (κ3) is 5.33. The molecule has 2 aromatic carbocycles. The second-order valence-corrected chi connectivity index (χ2v) is 5.40. The van der Waals surface area contributed by atoms with Gasteiger partial charge >= 0.3 is 0 Å². The van der Waals surface area contributed by atoms with Gasteiger partial charge in [0, 0.05) is 12.1 Å². The van der Waals surface area contributed by atoms with Crippen LogP contribution in [0.3, 0.4) is 0 Å². The van der Waals surface area contributed by atoms with Crippen molar-refractivity contribution in [1.82, 2.24) is 0 Å². The predicted molar refractivity (Wildman–Crippen MR) is 94.0 cm³/mol. The van der Waals surface area contributed by atoms with E-state index in [4.69, 9.17) is 10.5 Å². The summed E-state index contributed by atoms with van der Waals surface area (Å²) in [7, 11) is 0. The number of aryl methyl sites for hydroxylation is 1. The van der Waals surface area contributed by atoms with Crippen molar-refractivity contribution < 1.29 is 9.53 Å². The second kappa shape index (κ2) is 8.83. The van der Waals surface area contributed by atoms with Gasteiger partial charge in [-0.05, 0) is 49.9 Å². The van der Waals surface area contributed by atoms with E-state index in [0.29, 0.717) is 12.2 Å². The van der Waals surface area contributed by atoms with Gasteiger partial charge in [0.25, 0.3) is 0 Å². The first-order valence-corrected chi connectivity index (χ1v) is 8.05. The van der Waals surface area contributed by atoms with Gasteiger partial charge in [0.1, 0.15) is 5.75 Å². The summed E-state index contributed by atoms with van der Waals surface area (Å²) in [6.45, 7) is 3.41. The number of ether oxygens (including phenoxy) is 1. The topological polar surface area (TPSA) is 64.3 Å². The molecule has 2 aromatic rings. The fourth-order valence-corrected chi connectivity index (χ4v) is 2.40. The predicted octanol–water partition coefficient (Wildman–Crippen LogP) is 3.62. The quantitative estimate of drug-likeness (QED) is 0.695. The molecule has 0 saturated carbocycles. The lowest BCUT2D eigenvalue weighted by Gasteiger charge is -2.13. The van der Waals surface area contributed by atoms with Crippen LogP contribution in [0.25, 0.3) is 0 Å². The standard InChI is InChI=1S/C19H24N2O2/c1-2-21-17-14-16(19(20)22)11-12-18(17)23-13-7-6-10-15-8-4-3-5-9-15/h3-5,8-9,11-12,14,21H,2,6-7,10,13H2,1H3,(H2,20,22). The zero-order valence-corrected chi connectivity index (χ0v) is 13.5. The van der Waals surface area contributed by atoms with Crippen molar-refractivity contribution >= 4 is 11.6 Å². The lowest BCUT2D eigenvalue weighted by atomic mass is 10.1. The van der Waals surface area contributed by atoms with Crippen LogP contribution in [0.2, 0.25) is 0 Å². The van der Waals surface area contributed by atoms with Gasteiger partial charge in [-0.1, -0.05) is 30.3 Å². The Balaban J connectivity index is 1.83. The molecule has 0 aliphatic carbocycles. The molecule has 0 unspecified atom stereocenters. The van der Waals surface area contributed by atoms with Gasteiger partial charge in [0.2, 0.25) is 5.91 Å². The summed E-state index contributed by atoms with van der Waals surface area (Å²) in [5.74, 6) is 0.329. The van der Waals surface area contributed by atoms with Crippen molar-refractivity contribution in [3.05, 3.63) is 59.7 Å². The third-order valence-electron chi connectivity index (χ3n) is 3.59. The number of hydrogen-bond acceptors (Lipinski definition) is 3. The summed E-state index contributed by atoms with van der Waals surface area (Å²) in [5, 5.41) is 3.21. The van der Waals surface area contributed by atoms with E-state index in [9.17, 15) is 4.79 Å². The fourth-order valence-electron chi connectivity index (χ4n) is 2.40. The maximum Gasteiger partial charge on any atom is 0.248 e. The number of carbonyl (C=O) groups is 1. The summed E-state index contributed by atoms with van der Waals surface area (Å²) < 4.78 is 5.85. The number of primary amides is 1. The summed E-state index contributed by atoms with van der Waals surface area (Å²) >= 11 is 0. The van der Waals surface area contributed by atoms with Crippen molar-refractivity contribution in [1.29, 1.82) is 0 Å². The molecule has 0 saturated heterocycles. The maximum atomic E-state index is 11.3. The van der Waals surface area contributed by atoms with Crippen LogP contribution in [0.1, 0.15) is 35.7 Å². The molecule has 0 aliphatic heterocycles. The highest BCUT2D eigenvalue weighted by Crippen LogP contribution is 2.26. The molecule has 0 spiro atoms. The largest absolute Gasteiger partial charge is 0.491 e. The molecule has 0 radical (unpaired) electrons. The van der Waals surface area contributed by atoms with Crippen LogP contribution in [0.5, 0.6) is 5.75 Å². The normalized spacial score (nSPS) is 10.3. The zero-order chi connectivity index (χ0) is 16.5. The van der Waals surface area contributed by atoms with Gasteiger partial charge in [-0.3, -0.25) is 4.79 Å². The number of anilines is 1. The fraction of sp³-hybridized carbons (Fsp3) is 0.316. The smallest absolute Gasteiger partial charge is 0.248 e. The SMILES string of the molecule is CCNc1cc(C(N)=O)ccc1OCCCCc1ccccc1. The Morgan fingerprint density at radius 2 is 1.91 bits per heavy atom. The van der Waals surface area contributed by atoms with Crippen LogP contribution in [-0.2, 0) is 6.42 Å². The van der Waals surface area contributed by atoms with Crippen molar-refractivity contribution in [2.75, 3.05) is 18.5 Å². The molecule has 2 rings (SSSR count). The molecular formula is C19H24N2O2. The highest BCUT2D eigenvalue weighted by atomic mass is 16.5. The number of unbranched alkanes of at least 4 members (excludes halogenated alkanes) is 1. The van der Waals surface area contributed by atoms with Crippen molar-refractivity contribution in [3.8, 4) is 5.75 Å². The molecule has 0 aromatic heterocycles. The Hall–Kier alpha value is -2.49. The number of hydrogen-bond donors (Lipinski definition) is 2. The average Bonchev–Trinajstić information content (AvgIpc) is 2.56. The molecule has 0 atom stereocenters. The van der Waals surface area contributed by atoms with Crippen molar-refractivity contribution in [3.63, 3.8) is 0 Å². The Labute approximate surface area is 137 Å². The van der Waals surface area contributed by atoms with Gasteiger partial charge in [0.05, 0.1) is 12.3 Å². The zero-order valence-electron chi connectivity index (χ0n) is 13.5. The number of amides is 1. The van der Waals surface area contributed by atoms with E-state index in [-0.39, 0.29) is 0 Å². The van der Waals surface area contributed by atoms with E-state index in [1.807, 2.05) is 13.0 Å². The second-order valence-electron chi connectivity index (χ2n) is 5.40. The first kappa shape index (κ1) is 16.9.